The van der Waals surface area contributed by atoms with Crippen LogP contribution in [0.4, 0.5) is 0 Å². The molecule has 12 heavy (non-hydrogen) atoms. The van der Waals surface area contributed by atoms with Gasteiger partial charge in [0.25, 0.3) is 0 Å². The topological polar surface area (TPSA) is 41.6 Å². The molecule has 1 unspecified atom stereocenters. The van der Waals surface area contributed by atoms with Crippen molar-refractivity contribution in [1.29, 1.82) is 0 Å². The Balaban J connectivity index is 0.000000720. The quantitative estimate of drug-likeness (QED) is 0.513. The molecule has 0 amide bonds. The number of esters is 1. The van der Waals surface area contributed by atoms with Gasteiger partial charge in [-0.3, -0.25) is 9.69 Å². The van der Waals surface area contributed by atoms with Gasteiger partial charge in [-0.15, -0.1) is 12.4 Å². The number of cyclic esters (lactones) is 1. The molecule has 70 valence electrons. The first-order valence-electron chi connectivity index (χ1n) is 3.96. The van der Waals surface area contributed by atoms with Gasteiger partial charge < -0.3 is 10.1 Å². The van der Waals surface area contributed by atoms with E-state index < -0.39 is 0 Å². The highest BCUT2D eigenvalue weighted by Gasteiger charge is 2.29. The van der Waals surface area contributed by atoms with Gasteiger partial charge in [-0.25, -0.2) is 0 Å². The highest BCUT2D eigenvalue weighted by atomic mass is 35.5. The zero-order valence-electron chi connectivity index (χ0n) is 6.78. The highest BCUT2D eigenvalue weighted by molar-refractivity contribution is 5.85. The van der Waals surface area contributed by atoms with Crippen molar-refractivity contribution in [2.45, 2.75) is 6.04 Å². The van der Waals surface area contributed by atoms with Crippen LogP contribution in [0.25, 0.3) is 0 Å². The zero-order valence-corrected chi connectivity index (χ0v) is 7.60. The molecule has 0 aromatic carbocycles. The van der Waals surface area contributed by atoms with Crippen LogP contribution in [0.15, 0.2) is 0 Å². The van der Waals surface area contributed by atoms with Crippen molar-refractivity contribution in [2.24, 2.45) is 0 Å². The first-order chi connectivity index (χ1) is 5.36. The lowest BCUT2D eigenvalue weighted by Crippen LogP contribution is -2.57. The second-order valence-corrected chi connectivity index (χ2v) is 3.01. The van der Waals surface area contributed by atoms with Gasteiger partial charge in [0.2, 0.25) is 0 Å². The van der Waals surface area contributed by atoms with Gasteiger partial charge in [0.15, 0.2) is 0 Å². The van der Waals surface area contributed by atoms with E-state index in [-0.39, 0.29) is 18.4 Å². The minimum absolute atomic E-state index is 0. The summed E-state index contributed by atoms with van der Waals surface area (Å²) in [5, 5.41) is 3.27. The van der Waals surface area contributed by atoms with E-state index in [0.717, 1.165) is 19.6 Å². The molecule has 2 aliphatic rings. The molecule has 2 heterocycles. The fourth-order valence-electron chi connectivity index (χ4n) is 1.58. The van der Waals surface area contributed by atoms with E-state index in [1.807, 2.05) is 0 Å². The third kappa shape index (κ3) is 1.88. The fourth-order valence-corrected chi connectivity index (χ4v) is 1.58. The number of morpholine rings is 1. The van der Waals surface area contributed by atoms with Crippen LogP contribution in [0.1, 0.15) is 0 Å². The summed E-state index contributed by atoms with van der Waals surface area (Å²) >= 11 is 0. The fraction of sp³-hybridized carbons (Fsp3) is 0.857. The number of ether oxygens (including phenoxy) is 1. The lowest BCUT2D eigenvalue weighted by molar-refractivity contribution is -0.155. The summed E-state index contributed by atoms with van der Waals surface area (Å²) in [4.78, 5) is 13.0. The predicted octanol–water partition coefficient (Wildman–Crippen LogP) is -0.761. The zero-order chi connectivity index (χ0) is 7.68. The normalized spacial score (nSPS) is 30.0. The second kappa shape index (κ2) is 4.07. The molecule has 2 rings (SSSR count). The largest absolute Gasteiger partial charge is 0.463 e. The van der Waals surface area contributed by atoms with Crippen molar-refractivity contribution in [3.8, 4) is 0 Å². The van der Waals surface area contributed by atoms with E-state index in [9.17, 15) is 4.79 Å². The lowest BCUT2D eigenvalue weighted by atomic mass is 10.2. The predicted molar refractivity (Wildman–Crippen MR) is 46.4 cm³/mol. The number of piperazine rings is 1. The third-order valence-electron chi connectivity index (χ3n) is 2.24. The van der Waals surface area contributed by atoms with E-state index in [1.54, 1.807) is 0 Å². The number of rotatable bonds is 0. The van der Waals surface area contributed by atoms with Gasteiger partial charge in [0.05, 0.1) is 12.6 Å². The lowest BCUT2D eigenvalue weighted by Gasteiger charge is -2.38. The van der Waals surface area contributed by atoms with Gasteiger partial charge in [-0.2, -0.15) is 0 Å². The number of fused-ring (bicyclic) bond motifs is 1. The number of hydrogen-bond donors (Lipinski definition) is 1. The first kappa shape index (κ1) is 9.77. The van der Waals surface area contributed by atoms with Gasteiger partial charge in [-0.1, -0.05) is 0 Å². The van der Waals surface area contributed by atoms with E-state index in [1.165, 1.54) is 0 Å². The molecule has 5 heteroatoms. The maximum absolute atomic E-state index is 10.8. The Morgan fingerprint density at radius 1 is 1.58 bits per heavy atom. The van der Waals surface area contributed by atoms with Gasteiger partial charge in [-0.05, 0) is 0 Å². The molecule has 2 fully saturated rings. The molecular formula is C7H13ClN2O2. The second-order valence-electron chi connectivity index (χ2n) is 3.01. The molecule has 2 aliphatic heterocycles. The summed E-state index contributed by atoms with van der Waals surface area (Å²) in [6.45, 7) is 3.95. The van der Waals surface area contributed by atoms with Gasteiger partial charge in [0, 0.05) is 19.6 Å². The van der Waals surface area contributed by atoms with Crippen molar-refractivity contribution in [1.82, 2.24) is 10.2 Å². The van der Waals surface area contributed by atoms with Gasteiger partial charge >= 0.3 is 5.97 Å². The number of halogens is 1. The van der Waals surface area contributed by atoms with E-state index >= 15 is 0 Å². The number of carbonyl (C=O) groups is 1. The Labute approximate surface area is 77.7 Å². The number of nitrogens with one attached hydrogen (secondary N) is 1. The molecule has 0 saturated carbocycles. The Bertz CT molecular complexity index is 177. The molecule has 2 saturated heterocycles. The summed E-state index contributed by atoms with van der Waals surface area (Å²) < 4.78 is 4.93. The highest BCUT2D eigenvalue weighted by Crippen LogP contribution is 2.08. The standard InChI is InChI=1S/C7H12N2O2.ClH/c10-7-4-9-2-1-8-3-6(9)5-11-7;/h6,8H,1-5H2;1H. The van der Waals surface area contributed by atoms with Crippen LogP contribution in [0.2, 0.25) is 0 Å². The van der Waals surface area contributed by atoms with Crippen LogP contribution >= 0.6 is 12.4 Å². The van der Waals surface area contributed by atoms with Crippen molar-refractivity contribution < 1.29 is 9.53 Å². The van der Waals surface area contributed by atoms with E-state index in [2.05, 4.69) is 10.2 Å². The first-order valence-corrected chi connectivity index (χ1v) is 3.96. The molecule has 1 N–H and O–H groups in total. The number of hydrogen-bond acceptors (Lipinski definition) is 4. The van der Waals surface area contributed by atoms with E-state index in [4.69, 9.17) is 4.74 Å². The summed E-state index contributed by atoms with van der Waals surface area (Å²) in [7, 11) is 0. The van der Waals surface area contributed by atoms with Crippen LogP contribution in [-0.2, 0) is 9.53 Å². The molecule has 0 aliphatic carbocycles. The van der Waals surface area contributed by atoms with Crippen molar-refractivity contribution in [2.75, 3.05) is 32.8 Å². The van der Waals surface area contributed by atoms with Crippen LogP contribution in [0.5, 0.6) is 0 Å². The maximum Gasteiger partial charge on any atom is 0.320 e. The number of nitrogens with zero attached hydrogens (tertiary/aromatic N) is 1. The summed E-state index contributed by atoms with van der Waals surface area (Å²) in [5.74, 6) is -0.0804. The molecule has 0 aromatic rings. The minimum Gasteiger partial charge on any atom is -0.463 e. The average Bonchev–Trinajstić information content (AvgIpc) is 2.04. The van der Waals surface area contributed by atoms with Gasteiger partial charge in [0.1, 0.15) is 6.61 Å². The smallest absolute Gasteiger partial charge is 0.320 e. The van der Waals surface area contributed by atoms with Crippen LogP contribution in [-0.4, -0.2) is 49.7 Å². The van der Waals surface area contributed by atoms with Crippen LogP contribution < -0.4 is 5.32 Å². The van der Waals surface area contributed by atoms with Crippen molar-refractivity contribution >= 4 is 18.4 Å². The summed E-state index contributed by atoms with van der Waals surface area (Å²) in [6.07, 6.45) is 0. The number of carbonyl (C=O) groups excluding carboxylic acids is 1. The SMILES string of the molecule is Cl.O=C1CN2CCNCC2CO1. The monoisotopic (exact) mass is 192 g/mol. The molecule has 1 atom stereocenters. The molecule has 0 aromatic heterocycles. The van der Waals surface area contributed by atoms with Crippen molar-refractivity contribution in [3.05, 3.63) is 0 Å². The summed E-state index contributed by atoms with van der Waals surface area (Å²) in [6, 6.07) is 0.418. The molecule has 4 nitrogen and oxygen atoms in total. The van der Waals surface area contributed by atoms with Crippen molar-refractivity contribution in [3.63, 3.8) is 0 Å². The maximum atomic E-state index is 10.8. The van der Waals surface area contributed by atoms with Crippen LogP contribution in [0, 0.1) is 0 Å². The molecule has 0 spiro atoms. The average molecular weight is 193 g/mol. The summed E-state index contributed by atoms with van der Waals surface area (Å²) in [5.41, 5.74) is 0. The Morgan fingerprint density at radius 2 is 2.42 bits per heavy atom. The molecular weight excluding hydrogens is 180 g/mol. The van der Waals surface area contributed by atoms with Crippen LogP contribution in [0.3, 0.4) is 0 Å². The minimum atomic E-state index is -0.0804. The van der Waals surface area contributed by atoms with E-state index in [0.29, 0.717) is 19.2 Å². The Morgan fingerprint density at radius 3 is 3.25 bits per heavy atom. The molecule has 0 radical (unpaired) electrons. The molecule has 0 bridgehead atoms. The Hall–Kier alpha value is -0.320. The Kier molecular flexibility index (Phi) is 3.31. The third-order valence-corrected chi connectivity index (χ3v) is 2.24.